The van der Waals surface area contributed by atoms with E-state index in [1.807, 2.05) is 0 Å². The summed E-state index contributed by atoms with van der Waals surface area (Å²) < 4.78 is 5.07. The number of aliphatic hydroxyl groups is 2. The third-order valence-electron chi connectivity index (χ3n) is 5.27. The predicted octanol–water partition coefficient (Wildman–Crippen LogP) is 1.43. The summed E-state index contributed by atoms with van der Waals surface area (Å²) in [5.41, 5.74) is -0.295. The Morgan fingerprint density at radius 1 is 1.25 bits per heavy atom. The molecule has 0 aromatic rings. The third kappa shape index (κ3) is 4.90. The van der Waals surface area contributed by atoms with Crippen LogP contribution in [0.3, 0.4) is 0 Å². The van der Waals surface area contributed by atoms with Gasteiger partial charge in [-0.25, -0.2) is 0 Å². The fourth-order valence-corrected chi connectivity index (χ4v) is 4.21. The van der Waals surface area contributed by atoms with E-state index in [2.05, 4.69) is 51.8 Å². The molecule has 6 nitrogen and oxygen atoms in total. The first-order valence-corrected chi connectivity index (χ1v) is 9.09. The lowest BCUT2D eigenvalue weighted by molar-refractivity contribution is -0.220. The molecule has 0 bridgehead atoms. The molecule has 0 aromatic heterocycles. The maximum atomic E-state index is 11.3. The molecule has 144 valence electrons. The molecule has 3 N–H and O–H groups in total. The summed E-state index contributed by atoms with van der Waals surface area (Å²) in [7, 11) is 3.27. The molecule has 1 fully saturated rings. The van der Waals surface area contributed by atoms with Crippen molar-refractivity contribution < 1.29 is 14.9 Å². The number of nitrogens with one attached hydrogen (secondary N) is 1. The number of rotatable bonds is 8. The van der Waals surface area contributed by atoms with Crippen LogP contribution in [-0.2, 0) is 4.74 Å². The van der Waals surface area contributed by atoms with Crippen molar-refractivity contribution in [3.63, 3.8) is 0 Å². The highest BCUT2D eigenvalue weighted by molar-refractivity contribution is 5.00. The van der Waals surface area contributed by atoms with Crippen molar-refractivity contribution in [3.05, 3.63) is 0 Å². The minimum atomic E-state index is -1.04. The van der Waals surface area contributed by atoms with E-state index in [4.69, 9.17) is 4.74 Å². The molecule has 0 spiro atoms. The summed E-state index contributed by atoms with van der Waals surface area (Å²) in [6, 6.07) is -0.00383. The van der Waals surface area contributed by atoms with E-state index < -0.39 is 12.6 Å². The number of hydrogen-bond acceptors (Lipinski definition) is 6. The van der Waals surface area contributed by atoms with Crippen molar-refractivity contribution >= 4 is 0 Å². The van der Waals surface area contributed by atoms with Gasteiger partial charge in [0.15, 0.2) is 0 Å². The second-order valence-corrected chi connectivity index (χ2v) is 8.60. The number of hydrogen-bond donors (Lipinski definition) is 3. The molecule has 6 heteroatoms. The monoisotopic (exact) mass is 345 g/mol. The van der Waals surface area contributed by atoms with E-state index in [1.165, 1.54) is 7.11 Å². The van der Waals surface area contributed by atoms with E-state index in [0.29, 0.717) is 0 Å². The van der Waals surface area contributed by atoms with Gasteiger partial charge in [0.2, 0.25) is 6.41 Å². The Labute approximate surface area is 148 Å². The normalized spacial score (nSPS) is 24.4. The van der Waals surface area contributed by atoms with Crippen LogP contribution in [0.15, 0.2) is 0 Å². The molecule has 1 rings (SSSR count). The molecular formula is C18H39N3O3. The van der Waals surface area contributed by atoms with Crippen LogP contribution < -0.4 is 5.32 Å². The van der Waals surface area contributed by atoms with Crippen molar-refractivity contribution in [3.8, 4) is 0 Å². The number of ether oxygens (including phenoxy) is 1. The topological polar surface area (TPSA) is 68.2 Å². The van der Waals surface area contributed by atoms with Gasteiger partial charge in [-0.1, -0.05) is 27.7 Å². The molecular weight excluding hydrogens is 306 g/mol. The van der Waals surface area contributed by atoms with Crippen LogP contribution in [0.2, 0.25) is 0 Å². The number of likely N-dealkylation sites (tertiary alicyclic amines) is 1. The summed E-state index contributed by atoms with van der Waals surface area (Å²) in [4.78, 5) is 3.91. The maximum absolute atomic E-state index is 11.3. The first-order chi connectivity index (χ1) is 11.0. The van der Waals surface area contributed by atoms with Crippen molar-refractivity contribution in [1.29, 1.82) is 0 Å². The van der Waals surface area contributed by atoms with Crippen molar-refractivity contribution in [1.82, 2.24) is 15.1 Å². The van der Waals surface area contributed by atoms with Crippen LogP contribution in [-0.4, -0.2) is 77.5 Å². The van der Waals surface area contributed by atoms with Crippen LogP contribution in [0.5, 0.6) is 0 Å². The van der Waals surface area contributed by atoms with E-state index in [0.717, 1.165) is 25.9 Å². The van der Waals surface area contributed by atoms with E-state index in [-0.39, 0.29) is 23.0 Å². The summed E-state index contributed by atoms with van der Waals surface area (Å²) in [5.74, 6) is 0. The maximum Gasteiger partial charge on any atom is 0.215 e. The van der Waals surface area contributed by atoms with Gasteiger partial charge in [-0.05, 0) is 45.7 Å². The molecule has 1 heterocycles. The van der Waals surface area contributed by atoms with Gasteiger partial charge in [0.1, 0.15) is 6.23 Å². The van der Waals surface area contributed by atoms with E-state index >= 15 is 0 Å². The van der Waals surface area contributed by atoms with Gasteiger partial charge in [0, 0.05) is 25.2 Å². The summed E-state index contributed by atoms with van der Waals surface area (Å²) in [6.45, 7) is 14.5. The summed E-state index contributed by atoms with van der Waals surface area (Å²) in [6.07, 6.45) is 0.422. The zero-order valence-electron chi connectivity index (χ0n) is 16.8. The minimum Gasteiger partial charge on any atom is -0.377 e. The van der Waals surface area contributed by atoms with Crippen LogP contribution >= 0.6 is 0 Å². The lowest BCUT2D eigenvalue weighted by Crippen LogP contribution is -2.64. The van der Waals surface area contributed by atoms with Gasteiger partial charge in [-0.3, -0.25) is 9.80 Å². The van der Waals surface area contributed by atoms with Crippen LogP contribution in [0.4, 0.5) is 0 Å². The van der Waals surface area contributed by atoms with E-state index in [1.54, 1.807) is 11.9 Å². The third-order valence-corrected chi connectivity index (χ3v) is 5.27. The largest absolute Gasteiger partial charge is 0.377 e. The molecule has 3 unspecified atom stereocenters. The Balaban J connectivity index is 3.06. The van der Waals surface area contributed by atoms with Crippen LogP contribution in [0.25, 0.3) is 0 Å². The standard InChI is InChI=1S/C18H39N3O3/c1-9-19-18(5,6)13-11-10-12-21(13)15(22)14(17(2,3)4)20(7)16(23)24-8/h13-16,19,22-23H,9-12H2,1-8H3/t13-,14?,15?,16?/m0/s1. The molecule has 1 aliphatic rings. The van der Waals surface area contributed by atoms with Crippen molar-refractivity contribution in [2.24, 2.45) is 5.41 Å². The number of methoxy groups -OCH3 is 1. The summed E-state index contributed by atoms with van der Waals surface area (Å²) >= 11 is 0. The Hall–Kier alpha value is -0.240. The lowest BCUT2D eigenvalue weighted by atomic mass is 9.83. The smallest absolute Gasteiger partial charge is 0.215 e. The lowest BCUT2D eigenvalue weighted by Gasteiger charge is -2.48. The predicted molar refractivity (Wildman–Crippen MR) is 97.5 cm³/mol. The molecule has 4 atom stereocenters. The second kappa shape index (κ2) is 8.43. The van der Waals surface area contributed by atoms with Gasteiger partial charge in [0.05, 0.1) is 6.04 Å². The number of nitrogens with zero attached hydrogens (tertiary/aromatic N) is 2. The molecule has 0 aliphatic carbocycles. The first-order valence-electron chi connectivity index (χ1n) is 9.09. The molecule has 0 saturated carbocycles. The molecule has 0 radical (unpaired) electrons. The quantitative estimate of drug-likeness (QED) is 0.578. The highest BCUT2D eigenvalue weighted by Gasteiger charge is 2.46. The Morgan fingerprint density at radius 2 is 1.83 bits per heavy atom. The van der Waals surface area contributed by atoms with Gasteiger partial charge >= 0.3 is 0 Å². The Bertz CT molecular complexity index is 384. The Kier molecular flexibility index (Phi) is 7.66. The van der Waals surface area contributed by atoms with Crippen molar-refractivity contribution in [2.45, 2.75) is 84.6 Å². The fourth-order valence-electron chi connectivity index (χ4n) is 4.21. The number of aliphatic hydroxyl groups excluding tert-OH is 2. The molecule has 1 aliphatic heterocycles. The minimum absolute atomic E-state index is 0.0763. The zero-order valence-corrected chi connectivity index (χ0v) is 16.8. The van der Waals surface area contributed by atoms with Crippen molar-refractivity contribution in [2.75, 3.05) is 27.2 Å². The van der Waals surface area contributed by atoms with Gasteiger partial charge < -0.3 is 20.3 Å². The fraction of sp³-hybridized carbons (Fsp3) is 1.00. The SMILES string of the molecule is CCNC(C)(C)[C@@H]1CCCN1C(O)C(N(C)C(O)OC)C(C)(C)C. The van der Waals surface area contributed by atoms with Gasteiger partial charge in [0.25, 0.3) is 0 Å². The van der Waals surface area contributed by atoms with Crippen LogP contribution in [0.1, 0.15) is 54.4 Å². The second-order valence-electron chi connectivity index (χ2n) is 8.60. The van der Waals surface area contributed by atoms with Gasteiger partial charge in [-0.2, -0.15) is 0 Å². The molecule has 24 heavy (non-hydrogen) atoms. The average molecular weight is 346 g/mol. The zero-order chi connectivity index (χ0) is 18.7. The highest BCUT2D eigenvalue weighted by Crippen LogP contribution is 2.34. The first kappa shape index (κ1) is 21.8. The number of likely N-dealkylation sites (N-methyl/N-ethyl adjacent to an activating group) is 2. The van der Waals surface area contributed by atoms with E-state index in [9.17, 15) is 10.2 Å². The molecule has 0 aromatic carbocycles. The Morgan fingerprint density at radius 3 is 2.29 bits per heavy atom. The summed E-state index contributed by atoms with van der Waals surface area (Å²) in [5, 5.41) is 24.9. The molecule has 1 saturated heterocycles. The van der Waals surface area contributed by atoms with Crippen LogP contribution in [0, 0.1) is 5.41 Å². The van der Waals surface area contributed by atoms with Gasteiger partial charge in [-0.15, -0.1) is 0 Å². The highest BCUT2D eigenvalue weighted by atomic mass is 16.6. The average Bonchev–Trinajstić information content (AvgIpc) is 2.95. The molecule has 0 amide bonds.